The van der Waals surface area contributed by atoms with Crippen LogP contribution in [0.15, 0.2) is 53.7 Å². The molecule has 2 aromatic carbocycles. The van der Waals surface area contributed by atoms with E-state index in [1.165, 1.54) is 41.6 Å². The Bertz CT molecular complexity index is 1150. The Hall–Kier alpha value is -3.73. The number of aryl methyl sites for hydroxylation is 1. The first-order chi connectivity index (χ1) is 15.9. The van der Waals surface area contributed by atoms with Crippen molar-refractivity contribution in [3.05, 3.63) is 75.6 Å². The van der Waals surface area contributed by atoms with Gasteiger partial charge < -0.3 is 15.2 Å². The van der Waals surface area contributed by atoms with E-state index in [4.69, 9.17) is 0 Å². The number of carbonyl (C=O) groups excluding carboxylic acids is 2. The number of rotatable bonds is 10. The van der Waals surface area contributed by atoms with Crippen molar-refractivity contribution in [3.63, 3.8) is 0 Å². The number of nitro groups is 1. The van der Waals surface area contributed by atoms with Crippen molar-refractivity contribution in [1.29, 1.82) is 0 Å². The Kier molecular flexibility index (Phi) is 8.14. The van der Waals surface area contributed by atoms with Crippen LogP contribution in [0.3, 0.4) is 0 Å². The molecule has 0 aliphatic carbocycles. The van der Waals surface area contributed by atoms with Gasteiger partial charge in [0.15, 0.2) is 11.0 Å². The van der Waals surface area contributed by atoms with E-state index in [2.05, 4.69) is 27.8 Å². The molecule has 0 aliphatic rings. The predicted molar refractivity (Wildman–Crippen MR) is 125 cm³/mol. The smallest absolute Gasteiger partial charge is 0.270 e. The zero-order valence-electron chi connectivity index (χ0n) is 18.3. The summed E-state index contributed by atoms with van der Waals surface area (Å²) in [7, 11) is 0. The minimum atomic E-state index is -0.551. The fourth-order valence-electron chi connectivity index (χ4n) is 3.05. The standard InChI is InChI=1S/C22H24N6O4S/c1-3-15-8-10-17(11-9-15)24-20(29)14-33-22-26-25-19(27(22)4-2)13-23-21(30)16-6-5-7-18(12-16)28(31)32/h5-12H,3-4,13-14H2,1-2H3,(H,23,30)(H,24,29). The highest BCUT2D eigenvalue weighted by molar-refractivity contribution is 7.99. The zero-order valence-corrected chi connectivity index (χ0v) is 19.1. The number of carbonyl (C=O) groups is 2. The molecule has 0 saturated carbocycles. The molecule has 11 heteroatoms. The second-order valence-corrected chi connectivity index (χ2v) is 7.96. The Morgan fingerprint density at radius 2 is 1.88 bits per heavy atom. The Balaban J connectivity index is 1.56. The van der Waals surface area contributed by atoms with Crippen molar-refractivity contribution < 1.29 is 14.5 Å². The lowest BCUT2D eigenvalue weighted by Gasteiger charge is -2.09. The van der Waals surface area contributed by atoms with E-state index in [-0.39, 0.29) is 29.5 Å². The maximum Gasteiger partial charge on any atom is 0.270 e. The van der Waals surface area contributed by atoms with Gasteiger partial charge in [-0.15, -0.1) is 10.2 Å². The minimum Gasteiger partial charge on any atom is -0.345 e. The monoisotopic (exact) mass is 468 g/mol. The molecule has 3 aromatic rings. The molecule has 10 nitrogen and oxygen atoms in total. The third-order valence-corrected chi connectivity index (χ3v) is 5.78. The Labute approximate surface area is 194 Å². The normalized spacial score (nSPS) is 10.6. The van der Waals surface area contributed by atoms with Crippen LogP contribution < -0.4 is 10.6 Å². The first kappa shape index (κ1) is 23.9. The molecule has 1 heterocycles. The second-order valence-electron chi connectivity index (χ2n) is 7.02. The lowest BCUT2D eigenvalue weighted by molar-refractivity contribution is -0.384. The van der Waals surface area contributed by atoms with Gasteiger partial charge in [-0.1, -0.05) is 36.9 Å². The molecule has 0 bridgehead atoms. The third kappa shape index (κ3) is 6.39. The van der Waals surface area contributed by atoms with Crippen molar-refractivity contribution in [2.45, 2.75) is 38.5 Å². The lowest BCUT2D eigenvalue weighted by Crippen LogP contribution is -2.25. The molecule has 0 saturated heterocycles. The van der Waals surface area contributed by atoms with Crippen molar-refractivity contribution in [1.82, 2.24) is 20.1 Å². The van der Waals surface area contributed by atoms with Crippen molar-refractivity contribution in [2.24, 2.45) is 0 Å². The van der Waals surface area contributed by atoms with Gasteiger partial charge in [0.05, 0.1) is 17.2 Å². The number of anilines is 1. The van der Waals surface area contributed by atoms with E-state index in [0.717, 1.165) is 12.1 Å². The Morgan fingerprint density at radius 1 is 1.12 bits per heavy atom. The molecule has 0 atom stereocenters. The average molecular weight is 469 g/mol. The summed E-state index contributed by atoms with van der Waals surface area (Å²) >= 11 is 1.25. The van der Waals surface area contributed by atoms with Gasteiger partial charge >= 0.3 is 0 Å². The van der Waals surface area contributed by atoms with Gasteiger partial charge in [-0.25, -0.2) is 0 Å². The quantitative estimate of drug-likeness (QED) is 0.265. The molecule has 0 radical (unpaired) electrons. The molecular weight excluding hydrogens is 444 g/mol. The number of hydrogen-bond donors (Lipinski definition) is 2. The van der Waals surface area contributed by atoms with Crippen LogP contribution in [0, 0.1) is 10.1 Å². The van der Waals surface area contributed by atoms with E-state index in [9.17, 15) is 19.7 Å². The summed E-state index contributed by atoms with van der Waals surface area (Å²) in [5.74, 6) is 0.0741. The number of benzene rings is 2. The van der Waals surface area contributed by atoms with Gasteiger partial charge in [0, 0.05) is 29.9 Å². The average Bonchev–Trinajstić information content (AvgIpc) is 3.23. The molecule has 172 valence electrons. The summed E-state index contributed by atoms with van der Waals surface area (Å²) in [6, 6.07) is 13.2. The number of non-ortho nitro benzene ring substituents is 1. The topological polar surface area (TPSA) is 132 Å². The van der Waals surface area contributed by atoms with E-state index in [0.29, 0.717) is 17.5 Å². The van der Waals surface area contributed by atoms with Crippen LogP contribution in [0.5, 0.6) is 0 Å². The van der Waals surface area contributed by atoms with Crippen LogP contribution in [-0.4, -0.2) is 37.3 Å². The number of nitrogens with zero attached hydrogens (tertiary/aromatic N) is 4. The summed E-state index contributed by atoms with van der Waals surface area (Å²) in [6.07, 6.45) is 0.935. The fourth-order valence-corrected chi connectivity index (χ4v) is 3.87. The van der Waals surface area contributed by atoms with Gasteiger partial charge in [-0.05, 0) is 37.1 Å². The van der Waals surface area contributed by atoms with Crippen LogP contribution in [0.4, 0.5) is 11.4 Å². The SMILES string of the molecule is CCc1ccc(NC(=O)CSc2nnc(CNC(=O)c3cccc([N+](=O)[O-])c3)n2CC)cc1. The summed E-state index contributed by atoms with van der Waals surface area (Å²) in [4.78, 5) is 35.0. The number of nitro benzene ring substituents is 1. The second kappa shape index (κ2) is 11.2. The van der Waals surface area contributed by atoms with Crippen molar-refractivity contribution >= 4 is 35.0 Å². The summed E-state index contributed by atoms with van der Waals surface area (Å²) < 4.78 is 1.81. The minimum absolute atomic E-state index is 0.0961. The molecule has 0 spiro atoms. The first-order valence-electron chi connectivity index (χ1n) is 10.4. The highest BCUT2D eigenvalue weighted by Gasteiger charge is 2.16. The van der Waals surface area contributed by atoms with Gasteiger partial charge in [0.2, 0.25) is 5.91 Å². The molecule has 0 fully saturated rings. The first-order valence-corrected chi connectivity index (χ1v) is 11.4. The molecular formula is C22H24N6O4S. The lowest BCUT2D eigenvalue weighted by atomic mass is 10.1. The van der Waals surface area contributed by atoms with Gasteiger partial charge in [-0.3, -0.25) is 19.7 Å². The summed E-state index contributed by atoms with van der Waals surface area (Å²) in [5, 5.41) is 25.3. The molecule has 3 rings (SSSR count). The summed E-state index contributed by atoms with van der Waals surface area (Å²) in [5.41, 5.74) is 1.96. The van der Waals surface area contributed by atoms with Gasteiger partial charge in [0.1, 0.15) is 0 Å². The van der Waals surface area contributed by atoms with Crippen LogP contribution >= 0.6 is 11.8 Å². The molecule has 33 heavy (non-hydrogen) atoms. The van der Waals surface area contributed by atoms with E-state index in [1.807, 2.05) is 35.8 Å². The van der Waals surface area contributed by atoms with E-state index >= 15 is 0 Å². The molecule has 1 aromatic heterocycles. The molecule has 0 aliphatic heterocycles. The molecule has 0 unspecified atom stereocenters. The number of nitrogens with one attached hydrogen (secondary N) is 2. The fraction of sp³-hybridized carbons (Fsp3) is 0.273. The predicted octanol–water partition coefficient (Wildman–Crippen LogP) is 3.43. The zero-order chi connectivity index (χ0) is 23.8. The molecule has 2 amide bonds. The maximum absolute atomic E-state index is 12.4. The number of aromatic nitrogens is 3. The van der Waals surface area contributed by atoms with Gasteiger partial charge in [0.25, 0.3) is 11.6 Å². The summed E-state index contributed by atoms with van der Waals surface area (Å²) in [6.45, 7) is 4.63. The van der Waals surface area contributed by atoms with Crippen LogP contribution in [0.2, 0.25) is 0 Å². The van der Waals surface area contributed by atoms with Gasteiger partial charge in [-0.2, -0.15) is 0 Å². The van der Waals surface area contributed by atoms with E-state index in [1.54, 1.807) is 0 Å². The maximum atomic E-state index is 12.4. The third-order valence-electron chi connectivity index (χ3n) is 4.81. The van der Waals surface area contributed by atoms with Crippen molar-refractivity contribution in [2.75, 3.05) is 11.1 Å². The van der Waals surface area contributed by atoms with Crippen LogP contribution in [-0.2, 0) is 24.3 Å². The Morgan fingerprint density at radius 3 is 2.55 bits per heavy atom. The highest BCUT2D eigenvalue weighted by Crippen LogP contribution is 2.18. The number of hydrogen-bond acceptors (Lipinski definition) is 7. The number of thioether (sulfide) groups is 1. The highest BCUT2D eigenvalue weighted by atomic mass is 32.2. The van der Waals surface area contributed by atoms with Crippen LogP contribution in [0.25, 0.3) is 0 Å². The largest absolute Gasteiger partial charge is 0.345 e. The number of amides is 2. The molecule has 2 N–H and O–H groups in total. The van der Waals surface area contributed by atoms with Crippen LogP contribution in [0.1, 0.15) is 35.6 Å². The van der Waals surface area contributed by atoms with E-state index < -0.39 is 10.8 Å². The van der Waals surface area contributed by atoms with Crippen molar-refractivity contribution in [3.8, 4) is 0 Å².